The Hall–Kier alpha value is -4.38. The quantitative estimate of drug-likeness (QED) is 0.236. The highest BCUT2D eigenvalue weighted by Crippen LogP contribution is 2.20. The predicted molar refractivity (Wildman–Crippen MR) is 146 cm³/mol. The van der Waals surface area contributed by atoms with Crippen LogP contribution in [-0.2, 0) is 26.1 Å². The molecule has 0 aliphatic rings. The van der Waals surface area contributed by atoms with Gasteiger partial charge in [-0.15, -0.1) is 0 Å². The summed E-state index contributed by atoms with van der Waals surface area (Å²) < 4.78 is 11.4. The number of aryl methyl sites for hydroxylation is 2. The molecular weight excluding hydrogens is 464 g/mol. The molecule has 5 nitrogen and oxygen atoms in total. The van der Waals surface area contributed by atoms with Crippen molar-refractivity contribution in [1.82, 2.24) is 0 Å². The van der Waals surface area contributed by atoms with E-state index in [-0.39, 0.29) is 0 Å². The number of carboxylic acids is 1. The first-order valence-corrected chi connectivity index (χ1v) is 12.3. The normalized spacial score (nSPS) is 10.1. The summed E-state index contributed by atoms with van der Waals surface area (Å²) in [6, 6.07) is 30.6. The van der Waals surface area contributed by atoms with E-state index in [1.807, 2.05) is 92.7 Å². The summed E-state index contributed by atoms with van der Waals surface area (Å²) in [6.07, 6.45) is 2.39. The van der Waals surface area contributed by atoms with Crippen LogP contribution in [0.25, 0.3) is 0 Å². The number of carbonyl (C=O) groups excluding carboxylic acids is 1. The molecule has 0 bridgehead atoms. The predicted octanol–water partition coefficient (Wildman–Crippen LogP) is 7.17. The van der Waals surface area contributed by atoms with Crippen LogP contribution in [0.3, 0.4) is 0 Å². The second-order valence-electron chi connectivity index (χ2n) is 8.36. The van der Waals surface area contributed by atoms with Crippen LogP contribution in [0.1, 0.15) is 56.8 Å². The Labute approximate surface area is 218 Å². The molecule has 190 valence electrons. The van der Waals surface area contributed by atoms with Crippen molar-refractivity contribution in [3.63, 3.8) is 0 Å². The number of hydrogen-bond acceptors (Lipinski definition) is 4. The van der Waals surface area contributed by atoms with Crippen LogP contribution in [0.5, 0.6) is 11.5 Å². The monoisotopic (exact) mass is 496 g/mol. The van der Waals surface area contributed by atoms with Crippen LogP contribution in [0.4, 0.5) is 0 Å². The fourth-order valence-electron chi connectivity index (χ4n) is 3.74. The molecule has 0 aromatic heterocycles. The first-order chi connectivity index (χ1) is 18.0. The number of carboxylic acid groups (broad SMARTS) is 1. The Balaban J connectivity index is 0.000000206. The largest absolute Gasteiger partial charge is 0.489 e. The van der Waals surface area contributed by atoms with Crippen LogP contribution in [0.15, 0.2) is 97.1 Å². The summed E-state index contributed by atoms with van der Waals surface area (Å²) in [4.78, 5) is 21.9. The van der Waals surface area contributed by atoms with Gasteiger partial charge in [0, 0.05) is 5.56 Å². The van der Waals surface area contributed by atoms with E-state index in [2.05, 4.69) is 0 Å². The second-order valence-corrected chi connectivity index (χ2v) is 8.36. The molecule has 1 N–H and O–H groups in total. The molecule has 0 saturated heterocycles. The maximum Gasteiger partial charge on any atom is 0.335 e. The number of ether oxygens (including phenoxy) is 2. The zero-order valence-electron chi connectivity index (χ0n) is 21.2. The first-order valence-electron chi connectivity index (χ1n) is 12.3. The molecule has 0 saturated carbocycles. The molecule has 0 amide bonds. The van der Waals surface area contributed by atoms with Gasteiger partial charge in [-0.05, 0) is 71.5 Å². The lowest BCUT2D eigenvalue weighted by Gasteiger charge is -2.09. The van der Waals surface area contributed by atoms with E-state index in [0.29, 0.717) is 30.9 Å². The summed E-state index contributed by atoms with van der Waals surface area (Å²) in [5, 5.41) is 9.05. The van der Waals surface area contributed by atoms with Crippen molar-refractivity contribution in [3.8, 4) is 11.5 Å². The smallest absolute Gasteiger partial charge is 0.335 e. The molecule has 0 aliphatic heterocycles. The van der Waals surface area contributed by atoms with Crippen LogP contribution in [0.2, 0.25) is 0 Å². The summed E-state index contributed by atoms with van der Waals surface area (Å²) in [5.74, 6) is 0.610. The fourth-order valence-corrected chi connectivity index (χ4v) is 3.74. The molecule has 4 rings (SSSR count). The molecule has 0 spiro atoms. The number of aromatic carboxylic acids is 1. The highest BCUT2D eigenvalue weighted by Gasteiger charge is 2.09. The molecule has 0 fully saturated rings. The Morgan fingerprint density at radius 2 is 1.19 bits per heavy atom. The molecule has 0 heterocycles. The number of hydrogen-bond donors (Lipinski definition) is 1. The minimum absolute atomic E-state index is 0.342. The SMILES string of the molecule is CCc1cc(OCc2ccccc2)ccc1C(=O)O.CCc1cc(OCc2ccccc2)ccc1C=O. The highest BCUT2D eigenvalue weighted by molar-refractivity contribution is 5.89. The van der Waals surface area contributed by atoms with Gasteiger partial charge in [-0.2, -0.15) is 0 Å². The summed E-state index contributed by atoms with van der Waals surface area (Å²) in [7, 11) is 0. The molecule has 4 aromatic carbocycles. The Morgan fingerprint density at radius 3 is 1.65 bits per heavy atom. The Morgan fingerprint density at radius 1 is 0.703 bits per heavy atom. The standard InChI is InChI=1S/C16H16O3.C16H16O2/c1-2-13-10-14(8-9-15(13)16(17)18)19-11-12-6-4-3-5-7-12;1-2-14-10-16(9-8-15(14)11-17)18-12-13-6-4-3-5-7-13/h3-10H,2,11H2,1H3,(H,17,18);3-11H,2,12H2,1H3. The van der Waals surface area contributed by atoms with E-state index in [1.165, 1.54) is 0 Å². The van der Waals surface area contributed by atoms with Gasteiger partial charge in [0.2, 0.25) is 0 Å². The Bertz CT molecular complexity index is 1280. The van der Waals surface area contributed by atoms with Crippen LogP contribution in [0, 0.1) is 0 Å². The molecule has 0 atom stereocenters. The van der Waals surface area contributed by atoms with E-state index < -0.39 is 5.97 Å². The van der Waals surface area contributed by atoms with Crippen LogP contribution < -0.4 is 9.47 Å². The lowest BCUT2D eigenvalue weighted by atomic mass is 10.1. The first kappa shape index (κ1) is 27.2. The average molecular weight is 497 g/mol. The molecule has 0 aliphatic carbocycles. The third kappa shape index (κ3) is 8.36. The molecule has 4 aromatic rings. The van der Waals surface area contributed by atoms with E-state index >= 15 is 0 Å². The van der Waals surface area contributed by atoms with Gasteiger partial charge in [0.25, 0.3) is 0 Å². The van der Waals surface area contributed by atoms with E-state index in [4.69, 9.17) is 14.6 Å². The molecule has 5 heteroatoms. The number of benzene rings is 4. The van der Waals surface area contributed by atoms with Crippen molar-refractivity contribution in [2.45, 2.75) is 39.9 Å². The van der Waals surface area contributed by atoms with Crippen molar-refractivity contribution in [2.24, 2.45) is 0 Å². The Kier molecular flexibility index (Phi) is 10.5. The van der Waals surface area contributed by atoms with Gasteiger partial charge in [-0.1, -0.05) is 74.5 Å². The minimum Gasteiger partial charge on any atom is -0.489 e. The van der Waals surface area contributed by atoms with Crippen molar-refractivity contribution in [3.05, 3.63) is 130 Å². The van der Waals surface area contributed by atoms with Crippen molar-refractivity contribution in [1.29, 1.82) is 0 Å². The molecular formula is C32H32O5. The lowest BCUT2D eigenvalue weighted by Crippen LogP contribution is -2.03. The van der Waals surface area contributed by atoms with Gasteiger partial charge >= 0.3 is 5.97 Å². The third-order valence-electron chi connectivity index (χ3n) is 5.81. The maximum absolute atomic E-state index is 11.0. The van der Waals surface area contributed by atoms with Gasteiger partial charge in [-0.25, -0.2) is 4.79 Å². The molecule has 0 unspecified atom stereocenters. The molecule has 0 radical (unpaired) electrons. The van der Waals surface area contributed by atoms with Gasteiger partial charge < -0.3 is 14.6 Å². The van der Waals surface area contributed by atoms with Crippen molar-refractivity contribution >= 4 is 12.3 Å². The second kappa shape index (κ2) is 14.2. The van der Waals surface area contributed by atoms with Crippen LogP contribution in [-0.4, -0.2) is 17.4 Å². The third-order valence-corrected chi connectivity index (χ3v) is 5.81. The summed E-state index contributed by atoms with van der Waals surface area (Å²) in [5.41, 5.74) is 5.12. The summed E-state index contributed by atoms with van der Waals surface area (Å²) >= 11 is 0. The van der Waals surface area contributed by atoms with E-state index in [1.54, 1.807) is 18.2 Å². The minimum atomic E-state index is -0.897. The zero-order valence-corrected chi connectivity index (χ0v) is 21.2. The lowest BCUT2D eigenvalue weighted by molar-refractivity contribution is 0.0695. The van der Waals surface area contributed by atoms with E-state index in [0.717, 1.165) is 46.3 Å². The van der Waals surface area contributed by atoms with Gasteiger partial charge in [-0.3, -0.25) is 4.79 Å². The van der Waals surface area contributed by atoms with Gasteiger partial charge in [0.05, 0.1) is 5.56 Å². The van der Waals surface area contributed by atoms with Gasteiger partial charge in [0.15, 0.2) is 0 Å². The summed E-state index contributed by atoms with van der Waals surface area (Å²) in [6.45, 7) is 4.99. The van der Waals surface area contributed by atoms with Gasteiger partial charge in [0.1, 0.15) is 31.0 Å². The average Bonchev–Trinajstić information content (AvgIpc) is 2.96. The van der Waals surface area contributed by atoms with Crippen molar-refractivity contribution in [2.75, 3.05) is 0 Å². The van der Waals surface area contributed by atoms with Crippen molar-refractivity contribution < 1.29 is 24.2 Å². The van der Waals surface area contributed by atoms with Crippen LogP contribution >= 0.6 is 0 Å². The topological polar surface area (TPSA) is 72.8 Å². The number of rotatable bonds is 10. The number of aldehydes is 1. The molecule has 37 heavy (non-hydrogen) atoms. The number of carbonyl (C=O) groups is 2. The zero-order chi connectivity index (χ0) is 26.5. The maximum atomic E-state index is 11.0. The highest BCUT2D eigenvalue weighted by atomic mass is 16.5. The fraction of sp³-hybridized carbons (Fsp3) is 0.188. The van der Waals surface area contributed by atoms with E-state index in [9.17, 15) is 9.59 Å².